The van der Waals surface area contributed by atoms with Crippen molar-refractivity contribution in [3.63, 3.8) is 0 Å². The molecule has 26 heavy (non-hydrogen) atoms. The smallest absolute Gasteiger partial charge is 0.0991 e. The quantitative estimate of drug-likeness (QED) is 0.699. The van der Waals surface area contributed by atoms with Crippen LogP contribution in [0.15, 0.2) is 60.8 Å². The first-order valence-corrected chi connectivity index (χ1v) is 9.12. The van der Waals surface area contributed by atoms with E-state index in [1.54, 1.807) is 0 Å². The summed E-state index contributed by atoms with van der Waals surface area (Å²) in [5, 5.41) is 15.0. The summed E-state index contributed by atoms with van der Waals surface area (Å²) in [5.41, 5.74) is 4.07. The van der Waals surface area contributed by atoms with Crippen LogP contribution in [0.2, 0.25) is 0 Å². The minimum absolute atomic E-state index is 0.521. The van der Waals surface area contributed by atoms with E-state index in [0.29, 0.717) is 11.6 Å². The van der Waals surface area contributed by atoms with Gasteiger partial charge in [0.1, 0.15) is 0 Å². The fourth-order valence-electron chi connectivity index (χ4n) is 3.68. The first kappa shape index (κ1) is 16.6. The van der Waals surface area contributed by atoms with Gasteiger partial charge in [-0.3, -0.25) is 4.98 Å². The lowest BCUT2D eigenvalue weighted by atomic mass is 10.1. The summed E-state index contributed by atoms with van der Waals surface area (Å²) in [5.74, 6) is 0. The second-order valence-corrected chi connectivity index (χ2v) is 6.90. The molecule has 0 aliphatic carbocycles. The van der Waals surface area contributed by atoms with Crippen molar-refractivity contribution in [2.45, 2.75) is 32.4 Å². The van der Waals surface area contributed by atoms with Gasteiger partial charge in [-0.15, -0.1) is 0 Å². The number of aromatic nitrogens is 1. The average Bonchev–Trinajstić information content (AvgIpc) is 3.12. The predicted molar refractivity (Wildman–Crippen MR) is 104 cm³/mol. The zero-order chi connectivity index (χ0) is 17.9. The summed E-state index contributed by atoms with van der Waals surface area (Å²) in [4.78, 5) is 4.52. The third-order valence-electron chi connectivity index (χ3n) is 5.13. The van der Waals surface area contributed by atoms with E-state index in [9.17, 15) is 0 Å². The molecule has 0 bridgehead atoms. The molecule has 0 spiro atoms. The Bertz CT molecular complexity index is 942. The second-order valence-electron chi connectivity index (χ2n) is 6.90. The molecule has 130 valence electrons. The van der Waals surface area contributed by atoms with Crippen molar-refractivity contribution < 1.29 is 0 Å². The van der Waals surface area contributed by atoms with Gasteiger partial charge in [0.2, 0.25) is 0 Å². The lowest BCUT2D eigenvalue weighted by Gasteiger charge is -2.37. The van der Waals surface area contributed by atoms with Crippen LogP contribution in [-0.4, -0.2) is 22.6 Å². The zero-order valence-corrected chi connectivity index (χ0v) is 15.0. The maximum absolute atomic E-state index is 9.02. The lowest BCUT2D eigenvalue weighted by Crippen LogP contribution is -2.44. The van der Waals surface area contributed by atoms with Crippen LogP contribution in [0.4, 0.5) is 5.69 Å². The summed E-state index contributed by atoms with van der Waals surface area (Å²) < 4.78 is 0. The standard InChI is InChI=1S/C22H22N4/c1-17-4-3-13-25(17)26(16-19-8-6-18(15-23)7-9-19)21-11-10-20-5-2-12-24-22(20)14-21/h2,5-12,14,17H,3-4,13,16H2,1H3. The van der Waals surface area contributed by atoms with E-state index in [2.05, 4.69) is 52.3 Å². The van der Waals surface area contributed by atoms with Crippen LogP contribution in [0, 0.1) is 11.3 Å². The lowest BCUT2D eigenvalue weighted by molar-refractivity contribution is 0.240. The van der Waals surface area contributed by atoms with Gasteiger partial charge >= 0.3 is 0 Å². The molecule has 1 aromatic heterocycles. The number of hydrogen-bond acceptors (Lipinski definition) is 4. The number of nitriles is 1. The number of hydrazine groups is 1. The molecule has 4 heteroatoms. The summed E-state index contributed by atoms with van der Waals surface area (Å²) in [6, 6.07) is 21.1. The molecule has 1 unspecified atom stereocenters. The molecule has 1 atom stereocenters. The van der Waals surface area contributed by atoms with Gasteiger partial charge in [0.25, 0.3) is 0 Å². The van der Waals surface area contributed by atoms with Gasteiger partial charge in [0.15, 0.2) is 0 Å². The molecule has 4 rings (SSSR count). The van der Waals surface area contributed by atoms with E-state index in [0.717, 1.165) is 29.7 Å². The number of fused-ring (bicyclic) bond motifs is 1. The molecular formula is C22H22N4. The largest absolute Gasteiger partial charge is 0.301 e. The van der Waals surface area contributed by atoms with Crippen molar-refractivity contribution in [3.8, 4) is 6.07 Å². The Balaban J connectivity index is 1.70. The number of anilines is 1. The maximum atomic E-state index is 9.02. The molecular weight excluding hydrogens is 320 g/mol. The van der Waals surface area contributed by atoms with Crippen LogP contribution in [-0.2, 0) is 6.54 Å². The van der Waals surface area contributed by atoms with Crippen LogP contribution in [0.3, 0.4) is 0 Å². The predicted octanol–water partition coefficient (Wildman–Crippen LogP) is 4.51. The molecule has 4 nitrogen and oxygen atoms in total. The van der Waals surface area contributed by atoms with Crippen molar-refractivity contribution in [1.29, 1.82) is 5.26 Å². The molecule has 2 aromatic carbocycles. The van der Waals surface area contributed by atoms with Crippen molar-refractivity contribution in [3.05, 3.63) is 71.9 Å². The highest BCUT2D eigenvalue weighted by molar-refractivity contribution is 5.82. The van der Waals surface area contributed by atoms with E-state index < -0.39 is 0 Å². The van der Waals surface area contributed by atoms with Crippen LogP contribution in [0.25, 0.3) is 10.9 Å². The van der Waals surface area contributed by atoms with Gasteiger partial charge in [0, 0.05) is 24.2 Å². The third-order valence-corrected chi connectivity index (χ3v) is 5.13. The Hall–Kier alpha value is -2.90. The first-order chi connectivity index (χ1) is 12.7. The van der Waals surface area contributed by atoms with Crippen LogP contribution in [0.1, 0.15) is 30.9 Å². The summed E-state index contributed by atoms with van der Waals surface area (Å²) >= 11 is 0. The Kier molecular flexibility index (Phi) is 4.55. The normalized spacial score (nSPS) is 17.3. The fourth-order valence-corrected chi connectivity index (χ4v) is 3.68. The highest BCUT2D eigenvalue weighted by atomic mass is 15.6. The minimum Gasteiger partial charge on any atom is -0.301 e. The van der Waals surface area contributed by atoms with E-state index in [4.69, 9.17) is 5.26 Å². The van der Waals surface area contributed by atoms with E-state index in [1.165, 1.54) is 18.4 Å². The molecule has 1 saturated heterocycles. The number of rotatable bonds is 4. The van der Waals surface area contributed by atoms with Crippen LogP contribution < -0.4 is 5.01 Å². The van der Waals surface area contributed by atoms with Crippen molar-refractivity contribution in [2.24, 2.45) is 0 Å². The molecule has 0 radical (unpaired) electrons. The van der Waals surface area contributed by atoms with Crippen LogP contribution in [0.5, 0.6) is 0 Å². The Morgan fingerprint density at radius 3 is 2.77 bits per heavy atom. The summed E-state index contributed by atoms with van der Waals surface area (Å²) in [7, 11) is 0. The Morgan fingerprint density at radius 2 is 2.04 bits per heavy atom. The fraction of sp³-hybridized carbons (Fsp3) is 0.273. The monoisotopic (exact) mass is 342 g/mol. The van der Waals surface area contributed by atoms with Crippen molar-refractivity contribution in [1.82, 2.24) is 9.99 Å². The Morgan fingerprint density at radius 1 is 1.19 bits per heavy atom. The molecule has 0 amide bonds. The third kappa shape index (κ3) is 3.26. The topological polar surface area (TPSA) is 43.2 Å². The molecule has 0 N–H and O–H groups in total. The van der Waals surface area contributed by atoms with Gasteiger partial charge in [0.05, 0.1) is 29.4 Å². The SMILES string of the molecule is CC1CCCN1N(Cc1ccc(C#N)cc1)c1ccc2cccnc2c1. The summed E-state index contributed by atoms with van der Waals surface area (Å²) in [6.07, 6.45) is 4.28. The number of hydrogen-bond donors (Lipinski definition) is 0. The highest BCUT2D eigenvalue weighted by Gasteiger charge is 2.26. The van der Waals surface area contributed by atoms with E-state index in [1.807, 2.05) is 36.5 Å². The minimum atomic E-state index is 0.521. The number of benzene rings is 2. The number of nitrogens with zero attached hydrogens (tertiary/aromatic N) is 4. The highest BCUT2D eigenvalue weighted by Crippen LogP contribution is 2.28. The molecule has 2 heterocycles. The van der Waals surface area contributed by atoms with Gasteiger partial charge in [-0.25, -0.2) is 5.01 Å². The van der Waals surface area contributed by atoms with Gasteiger partial charge in [-0.2, -0.15) is 5.26 Å². The molecule has 1 aliphatic heterocycles. The molecule has 1 aliphatic rings. The van der Waals surface area contributed by atoms with Gasteiger partial charge in [-0.05, 0) is 55.7 Å². The first-order valence-electron chi connectivity index (χ1n) is 9.12. The zero-order valence-electron chi connectivity index (χ0n) is 15.0. The van der Waals surface area contributed by atoms with Gasteiger partial charge < -0.3 is 5.01 Å². The molecule has 1 fully saturated rings. The second kappa shape index (κ2) is 7.15. The number of pyridine rings is 1. The van der Waals surface area contributed by atoms with Crippen LogP contribution >= 0.6 is 0 Å². The van der Waals surface area contributed by atoms with E-state index >= 15 is 0 Å². The molecule has 0 saturated carbocycles. The van der Waals surface area contributed by atoms with Crippen molar-refractivity contribution in [2.75, 3.05) is 11.6 Å². The maximum Gasteiger partial charge on any atom is 0.0991 e. The van der Waals surface area contributed by atoms with Gasteiger partial charge in [-0.1, -0.05) is 24.3 Å². The van der Waals surface area contributed by atoms with E-state index in [-0.39, 0.29) is 0 Å². The van der Waals surface area contributed by atoms with Crippen molar-refractivity contribution >= 4 is 16.6 Å². The Labute approximate surface area is 154 Å². The molecule has 3 aromatic rings. The summed E-state index contributed by atoms with van der Waals surface area (Å²) in [6.45, 7) is 4.14. The average molecular weight is 342 g/mol.